The molecule has 0 radical (unpaired) electrons. The summed E-state index contributed by atoms with van der Waals surface area (Å²) in [7, 11) is 1.65. The van der Waals surface area contributed by atoms with Crippen LogP contribution in [0.3, 0.4) is 0 Å². The predicted octanol–water partition coefficient (Wildman–Crippen LogP) is 5.71. The Balaban J connectivity index is 1.63. The maximum absolute atomic E-state index is 6.23. The number of ether oxygens (including phenoxy) is 2. The van der Waals surface area contributed by atoms with E-state index in [1.165, 1.54) is 11.3 Å². The van der Waals surface area contributed by atoms with Crippen molar-refractivity contribution in [3.05, 3.63) is 58.4 Å². The number of benzene rings is 2. The molecule has 140 valence electrons. The van der Waals surface area contributed by atoms with Gasteiger partial charge in [0.15, 0.2) is 0 Å². The number of hydrogen-bond acceptors (Lipinski definition) is 6. The van der Waals surface area contributed by atoms with Gasteiger partial charge < -0.3 is 9.47 Å². The normalized spacial score (nSPS) is 10.9. The standard InChI is InChI=1S/C20H20ClN3O2S/c1-3-9-26-19-8-7-14(10-17(19)21)12-22-24-20-23-18(13-27-20)15-5-4-6-16(11-15)25-2/h4-8,10-13H,3,9H2,1-2H3,(H,23,24)/b22-12-. The average molecular weight is 402 g/mol. The SMILES string of the molecule is CCCOc1ccc(/C=N\Nc2nc(-c3cccc(OC)c3)cs2)cc1Cl. The van der Waals surface area contributed by atoms with Gasteiger partial charge in [-0.2, -0.15) is 5.10 Å². The lowest BCUT2D eigenvalue weighted by Crippen LogP contribution is -1.96. The second kappa shape index (κ2) is 9.39. The number of hydrazone groups is 1. The van der Waals surface area contributed by atoms with E-state index in [9.17, 15) is 0 Å². The zero-order chi connectivity index (χ0) is 19.1. The van der Waals surface area contributed by atoms with Gasteiger partial charge in [0.25, 0.3) is 0 Å². The van der Waals surface area contributed by atoms with Crippen LogP contribution in [0.25, 0.3) is 11.3 Å². The zero-order valence-corrected chi connectivity index (χ0v) is 16.7. The summed E-state index contributed by atoms with van der Waals surface area (Å²) in [5.41, 5.74) is 5.70. The van der Waals surface area contributed by atoms with Crippen molar-refractivity contribution >= 4 is 34.3 Å². The summed E-state index contributed by atoms with van der Waals surface area (Å²) in [6.07, 6.45) is 2.64. The van der Waals surface area contributed by atoms with Gasteiger partial charge in [0.1, 0.15) is 11.5 Å². The van der Waals surface area contributed by atoms with Crippen molar-refractivity contribution < 1.29 is 9.47 Å². The summed E-state index contributed by atoms with van der Waals surface area (Å²) in [5.74, 6) is 1.49. The van der Waals surface area contributed by atoms with E-state index >= 15 is 0 Å². The predicted molar refractivity (Wildman–Crippen MR) is 113 cm³/mol. The van der Waals surface area contributed by atoms with Gasteiger partial charge in [-0.25, -0.2) is 4.98 Å². The van der Waals surface area contributed by atoms with Gasteiger partial charge in [0, 0.05) is 10.9 Å². The maximum atomic E-state index is 6.23. The Labute approximate surface area is 167 Å². The first kappa shape index (κ1) is 19.2. The Morgan fingerprint density at radius 1 is 1.26 bits per heavy atom. The van der Waals surface area contributed by atoms with Crippen LogP contribution in [0.2, 0.25) is 5.02 Å². The quantitative estimate of drug-likeness (QED) is 0.388. The first-order chi connectivity index (χ1) is 13.2. The minimum absolute atomic E-state index is 0.571. The number of halogens is 1. The van der Waals surface area contributed by atoms with Crippen molar-refractivity contribution in [2.75, 3.05) is 19.1 Å². The molecule has 0 spiro atoms. The summed E-state index contributed by atoms with van der Waals surface area (Å²) in [5, 5.41) is 7.49. The van der Waals surface area contributed by atoms with E-state index in [4.69, 9.17) is 21.1 Å². The Kier molecular flexibility index (Phi) is 6.68. The molecule has 0 atom stereocenters. The fraction of sp³-hybridized carbons (Fsp3) is 0.200. The monoisotopic (exact) mass is 401 g/mol. The molecular formula is C20H20ClN3O2S. The summed E-state index contributed by atoms with van der Waals surface area (Å²) in [6.45, 7) is 2.70. The van der Waals surface area contributed by atoms with Crippen LogP contribution in [0.15, 0.2) is 52.9 Å². The lowest BCUT2D eigenvalue weighted by Gasteiger charge is -2.06. The third-order valence-electron chi connectivity index (χ3n) is 3.66. The van der Waals surface area contributed by atoms with E-state index < -0.39 is 0 Å². The molecule has 2 aromatic carbocycles. The molecule has 0 fully saturated rings. The van der Waals surface area contributed by atoms with E-state index in [1.54, 1.807) is 13.3 Å². The molecule has 0 saturated carbocycles. The van der Waals surface area contributed by atoms with E-state index in [1.807, 2.05) is 47.8 Å². The Morgan fingerprint density at radius 2 is 2.15 bits per heavy atom. The van der Waals surface area contributed by atoms with E-state index in [0.29, 0.717) is 22.5 Å². The zero-order valence-electron chi connectivity index (χ0n) is 15.1. The first-order valence-electron chi connectivity index (χ1n) is 8.51. The highest BCUT2D eigenvalue weighted by Gasteiger charge is 2.05. The highest BCUT2D eigenvalue weighted by molar-refractivity contribution is 7.14. The van der Waals surface area contributed by atoms with Gasteiger partial charge in [0.2, 0.25) is 5.13 Å². The molecule has 7 heteroatoms. The molecule has 1 heterocycles. The topological polar surface area (TPSA) is 55.7 Å². The Bertz CT molecular complexity index is 927. The Morgan fingerprint density at radius 3 is 2.93 bits per heavy atom. The number of rotatable bonds is 8. The van der Waals surface area contributed by atoms with E-state index in [-0.39, 0.29) is 0 Å². The second-order valence-corrected chi connectivity index (χ2v) is 6.94. The molecule has 0 aliphatic rings. The molecule has 5 nitrogen and oxygen atoms in total. The number of anilines is 1. The molecule has 1 N–H and O–H groups in total. The fourth-order valence-electron chi connectivity index (χ4n) is 2.33. The number of aromatic nitrogens is 1. The molecule has 0 amide bonds. The third kappa shape index (κ3) is 5.21. The van der Waals surface area contributed by atoms with Crippen LogP contribution in [0, 0.1) is 0 Å². The van der Waals surface area contributed by atoms with Crippen molar-refractivity contribution in [1.29, 1.82) is 0 Å². The van der Waals surface area contributed by atoms with Gasteiger partial charge in [-0.05, 0) is 42.3 Å². The minimum Gasteiger partial charge on any atom is -0.497 e. The van der Waals surface area contributed by atoms with E-state index in [2.05, 4.69) is 22.4 Å². The third-order valence-corrected chi connectivity index (χ3v) is 4.70. The van der Waals surface area contributed by atoms with Crippen LogP contribution in [0.5, 0.6) is 11.5 Å². The molecule has 0 unspecified atom stereocenters. The van der Waals surface area contributed by atoms with Crippen molar-refractivity contribution in [1.82, 2.24) is 4.98 Å². The average Bonchev–Trinajstić information content (AvgIpc) is 3.16. The first-order valence-corrected chi connectivity index (χ1v) is 9.76. The van der Waals surface area contributed by atoms with Crippen molar-refractivity contribution in [2.45, 2.75) is 13.3 Å². The van der Waals surface area contributed by atoms with Crippen LogP contribution in [-0.4, -0.2) is 24.9 Å². The molecule has 3 aromatic rings. The largest absolute Gasteiger partial charge is 0.497 e. The highest BCUT2D eigenvalue weighted by atomic mass is 35.5. The molecular weight excluding hydrogens is 382 g/mol. The number of nitrogens with zero attached hydrogens (tertiary/aromatic N) is 2. The molecule has 0 aliphatic heterocycles. The second-order valence-electron chi connectivity index (χ2n) is 5.68. The lowest BCUT2D eigenvalue weighted by molar-refractivity contribution is 0.317. The van der Waals surface area contributed by atoms with Gasteiger partial charge in [0.05, 0.1) is 30.6 Å². The number of thiazole rings is 1. The summed E-state index contributed by atoms with van der Waals surface area (Å²) in [4.78, 5) is 4.54. The smallest absolute Gasteiger partial charge is 0.203 e. The van der Waals surface area contributed by atoms with Gasteiger partial charge in [-0.3, -0.25) is 5.43 Å². The van der Waals surface area contributed by atoms with Gasteiger partial charge in [-0.15, -0.1) is 11.3 Å². The van der Waals surface area contributed by atoms with Crippen LogP contribution < -0.4 is 14.9 Å². The Hall–Kier alpha value is -2.57. The molecule has 27 heavy (non-hydrogen) atoms. The summed E-state index contributed by atoms with van der Waals surface area (Å²) in [6, 6.07) is 13.4. The minimum atomic E-state index is 0.571. The number of nitrogens with one attached hydrogen (secondary N) is 1. The van der Waals surface area contributed by atoms with E-state index in [0.717, 1.165) is 29.0 Å². The van der Waals surface area contributed by atoms with Crippen LogP contribution in [0.1, 0.15) is 18.9 Å². The van der Waals surface area contributed by atoms with Crippen LogP contribution >= 0.6 is 22.9 Å². The van der Waals surface area contributed by atoms with Crippen molar-refractivity contribution in [3.63, 3.8) is 0 Å². The lowest BCUT2D eigenvalue weighted by atomic mass is 10.2. The van der Waals surface area contributed by atoms with Crippen LogP contribution in [-0.2, 0) is 0 Å². The summed E-state index contributed by atoms with van der Waals surface area (Å²) >= 11 is 7.71. The fourth-order valence-corrected chi connectivity index (χ4v) is 3.24. The molecule has 0 bridgehead atoms. The molecule has 0 saturated heterocycles. The maximum Gasteiger partial charge on any atom is 0.203 e. The molecule has 1 aromatic heterocycles. The number of methoxy groups -OCH3 is 1. The van der Waals surface area contributed by atoms with Crippen LogP contribution in [0.4, 0.5) is 5.13 Å². The molecule has 3 rings (SSSR count). The summed E-state index contributed by atoms with van der Waals surface area (Å²) < 4.78 is 10.8. The van der Waals surface area contributed by atoms with Gasteiger partial charge in [-0.1, -0.05) is 30.7 Å². The van der Waals surface area contributed by atoms with Crippen molar-refractivity contribution in [3.8, 4) is 22.8 Å². The van der Waals surface area contributed by atoms with Gasteiger partial charge >= 0.3 is 0 Å². The number of hydrogen-bond donors (Lipinski definition) is 1. The highest BCUT2D eigenvalue weighted by Crippen LogP contribution is 2.28. The van der Waals surface area contributed by atoms with Crippen molar-refractivity contribution in [2.24, 2.45) is 5.10 Å². The molecule has 0 aliphatic carbocycles.